The highest BCUT2D eigenvalue weighted by Crippen LogP contribution is 2.55. The van der Waals surface area contributed by atoms with Crippen LogP contribution in [0.3, 0.4) is 0 Å². The van der Waals surface area contributed by atoms with Gasteiger partial charge in [-0.25, -0.2) is 0 Å². The van der Waals surface area contributed by atoms with Crippen molar-refractivity contribution in [2.45, 2.75) is 4.90 Å². The first-order chi connectivity index (χ1) is 5.54. The number of rotatable bonds is 2. The zero-order valence-electron chi connectivity index (χ0n) is 6.33. The average Bonchev–Trinajstić information content (AvgIpc) is 2.03. The summed E-state index contributed by atoms with van der Waals surface area (Å²) in [5, 5.41) is 0.489. The van der Waals surface area contributed by atoms with Crippen molar-refractivity contribution in [3.8, 4) is 0 Å². The predicted octanol–water partition coefficient (Wildman–Crippen LogP) is 3.70. The highest BCUT2D eigenvalue weighted by Gasteiger charge is 2.16. The molecule has 0 heterocycles. The molecule has 0 aliphatic heterocycles. The van der Waals surface area contributed by atoms with Crippen LogP contribution in [0.1, 0.15) is 0 Å². The van der Waals surface area contributed by atoms with Gasteiger partial charge in [-0.05, 0) is 53.0 Å². The van der Waals surface area contributed by atoms with E-state index in [9.17, 15) is 4.57 Å². The van der Waals surface area contributed by atoms with Crippen molar-refractivity contribution in [2.24, 2.45) is 0 Å². The zero-order chi connectivity index (χ0) is 9.19. The Kier molecular flexibility index (Phi) is 3.54. The fourth-order valence-corrected chi connectivity index (χ4v) is 2.34. The van der Waals surface area contributed by atoms with Gasteiger partial charge in [-0.2, -0.15) is 0 Å². The van der Waals surface area contributed by atoms with E-state index >= 15 is 0 Å². The van der Waals surface area contributed by atoms with E-state index in [4.69, 9.17) is 22.5 Å². The molecule has 0 atom stereocenters. The monoisotopic (exact) mass is 240 g/mol. The van der Waals surface area contributed by atoms with Crippen LogP contribution in [-0.2, 0) is 4.57 Å². The maximum absolute atomic E-state index is 11.1. The van der Waals surface area contributed by atoms with E-state index in [1.807, 2.05) is 18.4 Å². The summed E-state index contributed by atoms with van der Waals surface area (Å²) in [7, 11) is 0. The van der Waals surface area contributed by atoms with Gasteiger partial charge in [0.25, 0.3) is 5.85 Å². The van der Waals surface area contributed by atoms with Gasteiger partial charge in [-0.1, -0.05) is 0 Å². The summed E-state index contributed by atoms with van der Waals surface area (Å²) in [4.78, 5) is 1.10. The molecule has 0 aromatic heterocycles. The summed E-state index contributed by atoms with van der Waals surface area (Å²) in [6.45, 7) is 0. The lowest BCUT2D eigenvalue weighted by Crippen LogP contribution is -1.95. The van der Waals surface area contributed by atoms with Gasteiger partial charge >= 0.3 is 0 Å². The second-order valence-corrected chi connectivity index (χ2v) is 7.86. The van der Waals surface area contributed by atoms with Gasteiger partial charge < -0.3 is 0 Å². The number of benzene rings is 1. The average molecular weight is 241 g/mol. The number of hydrogen-bond donors (Lipinski definition) is 0. The maximum Gasteiger partial charge on any atom is 0.281 e. The molecule has 0 spiro atoms. The smallest absolute Gasteiger partial charge is 0.281 e. The first-order valence-corrected chi connectivity index (χ1v) is 7.92. The van der Waals surface area contributed by atoms with Crippen molar-refractivity contribution < 1.29 is 4.57 Å². The third kappa shape index (κ3) is 2.70. The molecule has 66 valence electrons. The molecular weight excluding hydrogens is 234 g/mol. The molecule has 0 fully saturated rings. The Bertz CT molecular complexity index is 306. The molecular formula is C7H7Cl2OPS. The standard InChI is InChI=1S/C7H7Cl2OPS/c1-12-7-4-2-6(3-5-7)11(8,9)10/h2-5H,1H3. The fourth-order valence-electron chi connectivity index (χ4n) is 0.756. The molecule has 5 heteroatoms. The summed E-state index contributed by atoms with van der Waals surface area (Å²) in [5.74, 6) is -3.11. The van der Waals surface area contributed by atoms with Crippen molar-refractivity contribution >= 4 is 45.4 Å². The van der Waals surface area contributed by atoms with Crippen molar-refractivity contribution in [1.29, 1.82) is 0 Å². The molecule has 1 rings (SSSR count). The SMILES string of the molecule is CSc1ccc(P(=O)(Cl)Cl)cc1. The third-order valence-corrected chi connectivity index (χ3v) is 4.19. The molecule has 1 aromatic rings. The van der Waals surface area contributed by atoms with E-state index in [0.29, 0.717) is 5.30 Å². The van der Waals surface area contributed by atoms with Crippen LogP contribution in [0.25, 0.3) is 0 Å². The van der Waals surface area contributed by atoms with Crippen LogP contribution in [0, 0.1) is 0 Å². The van der Waals surface area contributed by atoms with Gasteiger partial charge in [-0.3, -0.25) is 4.57 Å². The zero-order valence-corrected chi connectivity index (χ0v) is 9.55. The van der Waals surface area contributed by atoms with Crippen LogP contribution < -0.4 is 5.30 Å². The van der Waals surface area contributed by atoms with E-state index in [0.717, 1.165) is 4.90 Å². The number of thioether (sulfide) groups is 1. The largest absolute Gasteiger partial charge is 0.284 e. The highest BCUT2D eigenvalue weighted by molar-refractivity contribution is 8.13. The number of hydrogen-bond acceptors (Lipinski definition) is 2. The lowest BCUT2D eigenvalue weighted by atomic mass is 10.4. The fraction of sp³-hybridized carbons (Fsp3) is 0.143. The summed E-state index contributed by atoms with van der Waals surface area (Å²) in [6, 6.07) is 7.06. The molecule has 0 radical (unpaired) electrons. The lowest BCUT2D eigenvalue weighted by Gasteiger charge is -2.01. The Hall–Kier alpha value is 0.380. The van der Waals surface area contributed by atoms with Crippen LogP contribution >= 0.6 is 40.1 Å². The van der Waals surface area contributed by atoms with E-state index in [1.165, 1.54) is 0 Å². The normalized spacial score (nSPS) is 11.6. The van der Waals surface area contributed by atoms with E-state index < -0.39 is 5.85 Å². The first kappa shape index (κ1) is 10.5. The highest BCUT2D eigenvalue weighted by atomic mass is 35.9. The minimum Gasteiger partial charge on any atom is -0.284 e. The summed E-state index contributed by atoms with van der Waals surface area (Å²) < 4.78 is 11.1. The van der Waals surface area contributed by atoms with Gasteiger partial charge in [0.1, 0.15) is 0 Å². The van der Waals surface area contributed by atoms with Crippen LogP contribution in [0.5, 0.6) is 0 Å². The number of halogens is 2. The van der Waals surface area contributed by atoms with Crippen LogP contribution in [-0.4, -0.2) is 6.26 Å². The van der Waals surface area contributed by atoms with E-state index in [1.54, 1.807) is 23.9 Å². The second kappa shape index (κ2) is 4.06. The van der Waals surface area contributed by atoms with Gasteiger partial charge in [-0.15, -0.1) is 11.8 Å². The van der Waals surface area contributed by atoms with Gasteiger partial charge in [0.15, 0.2) is 0 Å². The quantitative estimate of drug-likeness (QED) is 0.580. The van der Waals surface area contributed by atoms with E-state index in [-0.39, 0.29) is 0 Å². The van der Waals surface area contributed by atoms with Gasteiger partial charge in [0.05, 0.1) is 0 Å². The molecule has 12 heavy (non-hydrogen) atoms. The summed E-state index contributed by atoms with van der Waals surface area (Å²) in [5.41, 5.74) is 0. The Labute approximate surface area is 85.4 Å². The molecule has 0 aliphatic rings. The topological polar surface area (TPSA) is 17.1 Å². The molecule has 0 saturated carbocycles. The van der Waals surface area contributed by atoms with Crippen molar-refractivity contribution in [2.75, 3.05) is 6.26 Å². The van der Waals surface area contributed by atoms with Crippen molar-refractivity contribution in [1.82, 2.24) is 0 Å². The second-order valence-electron chi connectivity index (χ2n) is 2.16. The molecule has 0 saturated heterocycles. The Morgan fingerprint density at radius 1 is 1.25 bits per heavy atom. The molecule has 1 nitrogen and oxygen atoms in total. The molecule has 0 amide bonds. The molecule has 0 N–H and O–H groups in total. The predicted molar refractivity (Wildman–Crippen MR) is 57.2 cm³/mol. The van der Waals surface area contributed by atoms with Gasteiger partial charge in [0.2, 0.25) is 0 Å². The lowest BCUT2D eigenvalue weighted by molar-refractivity contribution is 0.597. The Morgan fingerprint density at radius 2 is 1.75 bits per heavy atom. The molecule has 0 aliphatic carbocycles. The maximum atomic E-state index is 11.1. The molecule has 0 unspecified atom stereocenters. The molecule has 0 bridgehead atoms. The van der Waals surface area contributed by atoms with Crippen LogP contribution in [0.4, 0.5) is 0 Å². The van der Waals surface area contributed by atoms with Gasteiger partial charge in [0, 0.05) is 10.2 Å². The van der Waals surface area contributed by atoms with Crippen molar-refractivity contribution in [3.63, 3.8) is 0 Å². The van der Waals surface area contributed by atoms with Crippen LogP contribution in [0.2, 0.25) is 0 Å². The Morgan fingerprint density at radius 3 is 2.08 bits per heavy atom. The first-order valence-electron chi connectivity index (χ1n) is 3.18. The van der Waals surface area contributed by atoms with Crippen LogP contribution in [0.15, 0.2) is 29.2 Å². The summed E-state index contributed by atoms with van der Waals surface area (Å²) >= 11 is 12.5. The molecule has 1 aromatic carbocycles. The van der Waals surface area contributed by atoms with E-state index in [2.05, 4.69) is 0 Å². The summed E-state index contributed by atoms with van der Waals surface area (Å²) in [6.07, 6.45) is 1.97. The Balaban J connectivity index is 3.01. The minimum atomic E-state index is -3.11. The third-order valence-electron chi connectivity index (χ3n) is 1.37. The van der Waals surface area contributed by atoms with Crippen molar-refractivity contribution in [3.05, 3.63) is 24.3 Å². The minimum absolute atomic E-state index is 0.489.